The molecule has 2 heterocycles. The van der Waals surface area contributed by atoms with E-state index in [0.717, 1.165) is 5.56 Å². The predicted octanol–water partition coefficient (Wildman–Crippen LogP) is 3.48. The second kappa shape index (κ2) is 6.06. The largest absolute Gasteiger partial charge is 0.355 e. The lowest BCUT2D eigenvalue weighted by atomic mass is 10.2. The zero-order valence-corrected chi connectivity index (χ0v) is 13.2. The van der Waals surface area contributed by atoms with Crippen LogP contribution >= 0.6 is 23.4 Å². The molecule has 0 atom stereocenters. The zero-order valence-electron chi connectivity index (χ0n) is 11.6. The van der Waals surface area contributed by atoms with E-state index in [1.807, 2.05) is 13.0 Å². The molecule has 1 aromatic carbocycles. The molecule has 4 nitrogen and oxygen atoms in total. The highest BCUT2D eigenvalue weighted by molar-refractivity contribution is 7.98. The Balaban J connectivity index is 1.92. The third-order valence-electron chi connectivity index (χ3n) is 3.09. The Labute approximate surface area is 135 Å². The van der Waals surface area contributed by atoms with E-state index < -0.39 is 5.69 Å². The van der Waals surface area contributed by atoms with Gasteiger partial charge in [0, 0.05) is 22.5 Å². The zero-order chi connectivity index (χ0) is 15.7. The van der Waals surface area contributed by atoms with E-state index in [1.54, 1.807) is 24.4 Å². The normalized spacial score (nSPS) is 11.0. The minimum atomic E-state index is -0.407. The highest BCUT2D eigenvalue weighted by Gasteiger charge is 2.10. The minimum absolute atomic E-state index is 0.257. The Kier molecular flexibility index (Phi) is 4.13. The molecule has 0 saturated carbocycles. The second-order valence-electron chi connectivity index (χ2n) is 4.71. The van der Waals surface area contributed by atoms with Crippen molar-refractivity contribution in [1.29, 1.82) is 0 Å². The number of thioether (sulfide) groups is 1. The summed E-state index contributed by atoms with van der Waals surface area (Å²) in [5.41, 5.74) is 1.42. The molecular formula is C15H11ClFN3OS. The van der Waals surface area contributed by atoms with E-state index in [0.29, 0.717) is 21.4 Å². The van der Waals surface area contributed by atoms with Gasteiger partial charge in [-0.2, -0.15) is 4.98 Å². The Morgan fingerprint density at radius 2 is 2.09 bits per heavy atom. The van der Waals surface area contributed by atoms with Crippen LogP contribution in [0.15, 0.2) is 46.5 Å². The van der Waals surface area contributed by atoms with Gasteiger partial charge in [-0.15, -0.1) is 0 Å². The fourth-order valence-corrected chi connectivity index (χ4v) is 3.15. The Bertz CT molecular complexity index is 893. The van der Waals surface area contributed by atoms with Crippen molar-refractivity contribution in [2.45, 2.75) is 17.8 Å². The molecule has 7 heteroatoms. The number of pyridine rings is 1. The van der Waals surface area contributed by atoms with Gasteiger partial charge in [0.1, 0.15) is 11.5 Å². The average molecular weight is 336 g/mol. The number of aryl methyl sites for hydroxylation is 1. The van der Waals surface area contributed by atoms with Crippen LogP contribution in [0.2, 0.25) is 5.02 Å². The summed E-state index contributed by atoms with van der Waals surface area (Å²) in [4.78, 5) is 20.2. The molecule has 0 unspecified atom stereocenters. The molecule has 0 N–H and O–H groups in total. The Hall–Kier alpha value is -1.92. The second-order valence-corrected chi connectivity index (χ2v) is 6.06. The number of hydrogen-bond acceptors (Lipinski definition) is 4. The Morgan fingerprint density at radius 1 is 1.27 bits per heavy atom. The fourth-order valence-electron chi connectivity index (χ4n) is 1.97. The van der Waals surface area contributed by atoms with Crippen LogP contribution in [0.3, 0.4) is 0 Å². The number of benzene rings is 1. The summed E-state index contributed by atoms with van der Waals surface area (Å²) in [5, 5.41) is 0.647. The molecule has 3 rings (SSSR count). The van der Waals surface area contributed by atoms with Crippen LogP contribution in [0, 0.1) is 12.7 Å². The van der Waals surface area contributed by atoms with E-state index in [2.05, 4.69) is 9.97 Å². The summed E-state index contributed by atoms with van der Waals surface area (Å²) < 4.78 is 15.1. The van der Waals surface area contributed by atoms with Gasteiger partial charge in [0.2, 0.25) is 0 Å². The molecule has 0 radical (unpaired) electrons. The lowest BCUT2D eigenvalue weighted by Crippen LogP contribution is -2.19. The van der Waals surface area contributed by atoms with Gasteiger partial charge in [-0.05, 0) is 30.7 Å². The lowest BCUT2D eigenvalue weighted by molar-refractivity contribution is 0.617. The molecule has 22 heavy (non-hydrogen) atoms. The highest BCUT2D eigenvalue weighted by atomic mass is 35.5. The number of aromatic nitrogens is 3. The summed E-state index contributed by atoms with van der Waals surface area (Å²) >= 11 is 7.15. The number of rotatable bonds is 3. The number of nitrogens with zero attached hydrogens (tertiary/aromatic N) is 3. The predicted molar refractivity (Wildman–Crippen MR) is 85.0 cm³/mol. The van der Waals surface area contributed by atoms with Crippen molar-refractivity contribution in [2.75, 3.05) is 0 Å². The third-order valence-corrected chi connectivity index (χ3v) is 4.32. The number of hydrogen-bond donors (Lipinski definition) is 0. The topological polar surface area (TPSA) is 47.3 Å². The van der Waals surface area contributed by atoms with Gasteiger partial charge in [-0.3, -0.25) is 4.40 Å². The molecule has 0 aliphatic carbocycles. The lowest BCUT2D eigenvalue weighted by Gasteiger charge is -2.06. The van der Waals surface area contributed by atoms with Crippen LogP contribution in [0.25, 0.3) is 5.65 Å². The fraction of sp³-hybridized carbons (Fsp3) is 0.133. The molecule has 0 amide bonds. The van der Waals surface area contributed by atoms with Gasteiger partial charge in [-0.1, -0.05) is 35.5 Å². The van der Waals surface area contributed by atoms with Gasteiger partial charge < -0.3 is 0 Å². The molecule has 0 aliphatic heterocycles. The summed E-state index contributed by atoms with van der Waals surface area (Å²) in [7, 11) is 0. The molecule has 3 aromatic rings. The quantitative estimate of drug-likeness (QED) is 0.687. The summed E-state index contributed by atoms with van der Waals surface area (Å²) in [6.45, 7) is 1.88. The number of fused-ring (bicyclic) bond motifs is 1. The van der Waals surface area contributed by atoms with Crippen LogP contribution in [0.4, 0.5) is 4.39 Å². The van der Waals surface area contributed by atoms with E-state index in [4.69, 9.17) is 11.6 Å². The van der Waals surface area contributed by atoms with Crippen LogP contribution in [-0.4, -0.2) is 14.4 Å². The van der Waals surface area contributed by atoms with Crippen LogP contribution in [0.1, 0.15) is 11.1 Å². The van der Waals surface area contributed by atoms with Crippen molar-refractivity contribution < 1.29 is 4.39 Å². The maximum absolute atomic E-state index is 13.7. The highest BCUT2D eigenvalue weighted by Crippen LogP contribution is 2.26. The maximum Gasteiger partial charge on any atom is 0.355 e. The maximum atomic E-state index is 13.7. The van der Waals surface area contributed by atoms with E-state index in [1.165, 1.54) is 22.2 Å². The van der Waals surface area contributed by atoms with E-state index >= 15 is 0 Å². The monoisotopic (exact) mass is 335 g/mol. The molecule has 0 fully saturated rings. The van der Waals surface area contributed by atoms with Gasteiger partial charge in [0.25, 0.3) is 0 Å². The van der Waals surface area contributed by atoms with Gasteiger partial charge >= 0.3 is 5.69 Å². The molecule has 2 aromatic heterocycles. The molecule has 0 saturated heterocycles. The molecule has 112 valence electrons. The minimum Gasteiger partial charge on any atom is -0.251 e. The molecular weight excluding hydrogens is 325 g/mol. The molecule has 0 bridgehead atoms. The first-order valence-electron chi connectivity index (χ1n) is 6.47. The Morgan fingerprint density at radius 3 is 2.86 bits per heavy atom. The SMILES string of the molecule is Cc1ccc2nc(SCc3c(F)cccc3Cl)nc(=O)n2c1. The first-order valence-corrected chi connectivity index (χ1v) is 7.84. The van der Waals surface area contributed by atoms with Crippen molar-refractivity contribution in [3.63, 3.8) is 0 Å². The van der Waals surface area contributed by atoms with Crippen molar-refractivity contribution in [3.05, 3.63) is 69.0 Å². The van der Waals surface area contributed by atoms with Crippen LogP contribution < -0.4 is 5.69 Å². The van der Waals surface area contributed by atoms with Gasteiger partial charge in [0.05, 0.1) is 0 Å². The number of halogens is 2. The van der Waals surface area contributed by atoms with Gasteiger partial charge in [0.15, 0.2) is 5.16 Å². The van der Waals surface area contributed by atoms with Crippen LogP contribution in [-0.2, 0) is 5.75 Å². The first-order chi connectivity index (χ1) is 10.5. The van der Waals surface area contributed by atoms with Gasteiger partial charge in [-0.25, -0.2) is 14.2 Å². The van der Waals surface area contributed by atoms with E-state index in [9.17, 15) is 9.18 Å². The first kappa shape index (κ1) is 15.0. The van der Waals surface area contributed by atoms with Crippen molar-refractivity contribution in [2.24, 2.45) is 0 Å². The van der Waals surface area contributed by atoms with Crippen LogP contribution in [0.5, 0.6) is 0 Å². The average Bonchev–Trinajstić information content (AvgIpc) is 2.47. The van der Waals surface area contributed by atoms with Crippen molar-refractivity contribution in [3.8, 4) is 0 Å². The summed E-state index contributed by atoms with van der Waals surface area (Å²) in [6.07, 6.45) is 1.68. The summed E-state index contributed by atoms with van der Waals surface area (Å²) in [6, 6.07) is 8.13. The van der Waals surface area contributed by atoms with Crippen molar-refractivity contribution >= 4 is 29.0 Å². The smallest absolute Gasteiger partial charge is 0.251 e. The standard InChI is InChI=1S/C15H11ClFN3OS/c1-9-5-6-13-18-14(19-15(21)20(13)7-9)22-8-10-11(16)3-2-4-12(10)17/h2-7H,8H2,1H3. The third kappa shape index (κ3) is 2.98. The molecule has 0 spiro atoms. The van der Waals surface area contributed by atoms with Crippen molar-refractivity contribution in [1.82, 2.24) is 14.4 Å². The molecule has 0 aliphatic rings. The van der Waals surface area contributed by atoms with E-state index in [-0.39, 0.29) is 11.6 Å². The summed E-state index contributed by atoms with van der Waals surface area (Å²) in [5.74, 6) is -0.124.